The van der Waals surface area contributed by atoms with Gasteiger partial charge in [0.05, 0.1) is 7.11 Å². The number of ether oxygens (including phenoxy) is 1. The van der Waals surface area contributed by atoms with E-state index in [1.54, 1.807) is 7.11 Å². The Morgan fingerprint density at radius 3 is 2.36 bits per heavy atom. The van der Waals surface area contributed by atoms with Crippen molar-refractivity contribution in [3.63, 3.8) is 0 Å². The Morgan fingerprint density at radius 2 is 1.71 bits per heavy atom. The quantitative estimate of drug-likeness (QED) is 0.267. The number of halogens is 1. The number of guanidine groups is 1. The van der Waals surface area contributed by atoms with E-state index < -0.39 is 0 Å². The van der Waals surface area contributed by atoms with Crippen molar-refractivity contribution in [2.75, 3.05) is 56.6 Å². The van der Waals surface area contributed by atoms with E-state index >= 15 is 0 Å². The number of nitrogens with one attached hydrogen (secondary N) is 1. The Labute approximate surface area is 184 Å². The van der Waals surface area contributed by atoms with Gasteiger partial charge in [-0.3, -0.25) is 9.89 Å². The average Bonchev–Trinajstić information content (AvgIpc) is 2.72. The van der Waals surface area contributed by atoms with Gasteiger partial charge in [0.1, 0.15) is 5.75 Å². The van der Waals surface area contributed by atoms with Crippen LogP contribution >= 0.6 is 24.0 Å². The third kappa shape index (κ3) is 6.87. The SMILES string of the molecule is COc1ccc(N2CCN(CCCN=C(N)Nc3ccccc3)CC2)cc1.I. The van der Waals surface area contributed by atoms with Crippen LogP contribution in [0.25, 0.3) is 0 Å². The van der Waals surface area contributed by atoms with E-state index in [9.17, 15) is 0 Å². The monoisotopic (exact) mass is 495 g/mol. The van der Waals surface area contributed by atoms with Gasteiger partial charge in [-0.2, -0.15) is 0 Å². The molecule has 1 aliphatic heterocycles. The number of hydrogen-bond donors (Lipinski definition) is 2. The number of hydrogen-bond acceptors (Lipinski definition) is 4. The Bertz CT molecular complexity index is 715. The van der Waals surface area contributed by atoms with Crippen molar-refractivity contribution >= 4 is 41.3 Å². The fourth-order valence-electron chi connectivity index (χ4n) is 3.23. The lowest BCUT2D eigenvalue weighted by atomic mass is 10.2. The summed E-state index contributed by atoms with van der Waals surface area (Å²) in [5.74, 6) is 1.38. The maximum Gasteiger partial charge on any atom is 0.193 e. The molecule has 7 heteroatoms. The summed E-state index contributed by atoms with van der Waals surface area (Å²) in [6.07, 6.45) is 1.01. The maximum absolute atomic E-state index is 5.94. The molecular weight excluding hydrogens is 465 g/mol. The van der Waals surface area contributed by atoms with Crippen LogP contribution in [0.4, 0.5) is 11.4 Å². The van der Waals surface area contributed by atoms with Crippen LogP contribution in [0, 0.1) is 0 Å². The predicted molar refractivity (Wildman–Crippen MR) is 128 cm³/mol. The first kappa shape index (κ1) is 22.3. The first-order valence-electron chi connectivity index (χ1n) is 9.48. The van der Waals surface area contributed by atoms with Crippen LogP contribution in [-0.4, -0.2) is 57.2 Å². The van der Waals surface area contributed by atoms with Gasteiger partial charge in [0.15, 0.2) is 5.96 Å². The van der Waals surface area contributed by atoms with Gasteiger partial charge < -0.3 is 20.7 Å². The van der Waals surface area contributed by atoms with Crippen molar-refractivity contribution in [2.24, 2.45) is 10.7 Å². The number of benzene rings is 2. The molecule has 0 radical (unpaired) electrons. The number of piperazine rings is 1. The highest BCUT2D eigenvalue weighted by atomic mass is 127. The number of rotatable bonds is 7. The van der Waals surface area contributed by atoms with E-state index in [2.05, 4.69) is 32.2 Å². The fourth-order valence-corrected chi connectivity index (χ4v) is 3.23. The molecule has 1 saturated heterocycles. The number of nitrogens with zero attached hydrogens (tertiary/aromatic N) is 3. The van der Waals surface area contributed by atoms with Crippen LogP contribution in [0.15, 0.2) is 59.6 Å². The van der Waals surface area contributed by atoms with Gasteiger partial charge in [0.2, 0.25) is 0 Å². The van der Waals surface area contributed by atoms with E-state index in [4.69, 9.17) is 10.5 Å². The molecule has 3 rings (SSSR count). The molecule has 1 heterocycles. The molecule has 0 aromatic heterocycles. The largest absolute Gasteiger partial charge is 0.497 e. The molecule has 0 atom stereocenters. The molecule has 0 aliphatic carbocycles. The third-order valence-electron chi connectivity index (χ3n) is 4.77. The van der Waals surface area contributed by atoms with Crippen LogP contribution in [0.2, 0.25) is 0 Å². The summed E-state index contributed by atoms with van der Waals surface area (Å²) in [6, 6.07) is 18.2. The smallest absolute Gasteiger partial charge is 0.193 e. The Hall–Kier alpha value is -2.00. The Morgan fingerprint density at radius 1 is 1.04 bits per heavy atom. The minimum absolute atomic E-state index is 0. The van der Waals surface area contributed by atoms with Gasteiger partial charge >= 0.3 is 0 Å². The van der Waals surface area contributed by atoms with Gasteiger partial charge in [0, 0.05) is 50.6 Å². The molecule has 0 spiro atoms. The van der Waals surface area contributed by atoms with E-state index in [-0.39, 0.29) is 24.0 Å². The number of aliphatic imine (C=N–C) groups is 1. The normalized spacial score (nSPS) is 15.0. The van der Waals surface area contributed by atoms with Crippen molar-refractivity contribution in [2.45, 2.75) is 6.42 Å². The summed E-state index contributed by atoms with van der Waals surface area (Å²) >= 11 is 0. The second-order valence-corrected chi connectivity index (χ2v) is 6.64. The van der Waals surface area contributed by atoms with E-state index in [1.165, 1.54) is 5.69 Å². The Kier molecular flexibility index (Phi) is 9.36. The summed E-state index contributed by atoms with van der Waals surface area (Å²) in [5, 5.41) is 3.11. The molecule has 2 aromatic carbocycles. The molecule has 1 fully saturated rings. The highest BCUT2D eigenvalue weighted by Gasteiger charge is 2.16. The minimum atomic E-state index is 0. The third-order valence-corrected chi connectivity index (χ3v) is 4.77. The molecule has 1 aliphatic rings. The highest BCUT2D eigenvalue weighted by Crippen LogP contribution is 2.20. The van der Waals surface area contributed by atoms with Crippen molar-refractivity contribution in [3.05, 3.63) is 54.6 Å². The number of anilines is 2. The molecule has 0 bridgehead atoms. The van der Waals surface area contributed by atoms with E-state index in [0.29, 0.717) is 5.96 Å². The second kappa shape index (κ2) is 11.8. The average molecular weight is 495 g/mol. The second-order valence-electron chi connectivity index (χ2n) is 6.64. The van der Waals surface area contributed by atoms with Gasteiger partial charge in [-0.05, 0) is 42.8 Å². The zero-order chi connectivity index (χ0) is 18.9. The first-order chi connectivity index (χ1) is 13.2. The zero-order valence-electron chi connectivity index (χ0n) is 16.4. The molecule has 6 nitrogen and oxygen atoms in total. The standard InChI is InChI=1S/C21H29N5O.HI/c1-27-20-10-8-19(9-11-20)26-16-14-25(15-17-26)13-5-12-23-21(22)24-18-6-3-2-4-7-18;/h2-4,6-11H,5,12-17H2,1H3,(H3,22,23,24);1H. The van der Waals surface area contributed by atoms with Crippen molar-refractivity contribution in [3.8, 4) is 5.75 Å². The molecular formula is C21H30IN5O. The van der Waals surface area contributed by atoms with E-state index in [0.717, 1.165) is 57.1 Å². The molecule has 0 unspecified atom stereocenters. The van der Waals surface area contributed by atoms with Gasteiger partial charge in [0.25, 0.3) is 0 Å². The van der Waals surface area contributed by atoms with Crippen molar-refractivity contribution in [1.29, 1.82) is 0 Å². The van der Waals surface area contributed by atoms with Gasteiger partial charge in [-0.15, -0.1) is 24.0 Å². The van der Waals surface area contributed by atoms with E-state index in [1.807, 2.05) is 42.5 Å². The van der Waals surface area contributed by atoms with Crippen molar-refractivity contribution < 1.29 is 4.74 Å². The van der Waals surface area contributed by atoms with Crippen LogP contribution in [0.1, 0.15) is 6.42 Å². The lowest BCUT2D eigenvalue weighted by Crippen LogP contribution is -2.46. The van der Waals surface area contributed by atoms with Gasteiger partial charge in [-0.25, -0.2) is 0 Å². The Balaban J connectivity index is 0.00000280. The van der Waals surface area contributed by atoms with Crippen LogP contribution < -0.4 is 20.7 Å². The molecule has 3 N–H and O–H groups in total. The lowest BCUT2D eigenvalue weighted by Gasteiger charge is -2.36. The fraction of sp³-hybridized carbons (Fsp3) is 0.381. The van der Waals surface area contributed by atoms with Crippen LogP contribution in [0.5, 0.6) is 5.75 Å². The highest BCUT2D eigenvalue weighted by molar-refractivity contribution is 14.0. The molecule has 152 valence electrons. The summed E-state index contributed by atoms with van der Waals surface area (Å²) in [7, 11) is 1.70. The first-order valence-corrected chi connectivity index (χ1v) is 9.48. The summed E-state index contributed by atoms with van der Waals surface area (Å²) in [6.45, 7) is 6.05. The number of methoxy groups -OCH3 is 1. The van der Waals surface area contributed by atoms with Crippen LogP contribution in [0.3, 0.4) is 0 Å². The molecule has 28 heavy (non-hydrogen) atoms. The topological polar surface area (TPSA) is 66.1 Å². The summed E-state index contributed by atoms with van der Waals surface area (Å²) in [4.78, 5) is 9.34. The lowest BCUT2D eigenvalue weighted by molar-refractivity contribution is 0.256. The van der Waals surface area contributed by atoms with Crippen molar-refractivity contribution in [1.82, 2.24) is 4.90 Å². The summed E-state index contributed by atoms with van der Waals surface area (Å²) < 4.78 is 5.23. The molecule has 0 saturated carbocycles. The number of para-hydroxylation sites is 1. The molecule has 0 amide bonds. The predicted octanol–water partition coefficient (Wildman–Crippen LogP) is 3.25. The van der Waals surface area contributed by atoms with Gasteiger partial charge in [-0.1, -0.05) is 18.2 Å². The van der Waals surface area contributed by atoms with Crippen LogP contribution in [-0.2, 0) is 0 Å². The summed E-state index contributed by atoms with van der Waals surface area (Å²) in [5.41, 5.74) is 8.17. The maximum atomic E-state index is 5.94. The molecule has 2 aromatic rings. The number of nitrogens with two attached hydrogens (primary N) is 1. The zero-order valence-corrected chi connectivity index (χ0v) is 18.7. The minimum Gasteiger partial charge on any atom is -0.497 e.